The van der Waals surface area contributed by atoms with Gasteiger partial charge < -0.3 is 15.0 Å². The van der Waals surface area contributed by atoms with Crippen LogP contribution in [-0.4, -0.2) is 62.9 Å². The summed E-state index contributed by atoms with van der Waals surface area (Å²) < 4.78 is 5.37. The number of nitrogens with zero attached hydrogens (tertiary/aromatic N) is 2. The van der Waals surface area contributed by atoms with Crippen LogP contribution in [-0.2, 0) is 38.7 Å². The van der Waals surface area contributed by atoms with Crippen LogP contribution in [0.15, 0.2) is 91.0 Å². The predicted octanol–water partition coefficient (Wildman–Crippen LogP) is 3.78. The van der Waals surface area contributed by atoms with Crippen LogP contribution in [0.4, 0.5) is 0 Å². The highest BCUT2D eigenvalue weighted by Crippen LogP contribution is 2.56. The second-order valence-corrected chi connectivity index (χ2v) is 12.3. The molecule has 206 valence electrons. The number of hydrogen-bond donors (Lipinski definition) is 1. The Hall–Kier alpha value is -3.62. The van der Waals surface area contributed by atoms with Crippen LogP contribution in [0.3, 0.4) is 0 Å². The number of esters is 1. The summed E-state index contributed by atoms with van der Waals surface area (Å²) in [5, 5.41) is 2.68. The number of hydrogen-bond acceptors (Lipinski definition) is 6. The van der Waals surface area contributed by atoms with Gasteiger partial charge in [-0.15, -0.1) is 11.8 Å². The van der Waals surface area contributed by atoms with Crippen LogP contribution in [0.5, 0.6) is 0 Å². The lowest BCUT2D eigenvalue weighted by Gasteiger charge is -2.45. The molecule has 3 unspecified atom stereocenters. The Labute approximate surface area is 238 Å². The number of nitrogens with one attached hydrogen (secondary N) is 1. The number of rotatable bonds is 8. The Morgan fingerprint density at radius 2 is 1.43 bits per heavy atom. The molecular weight excluding hydrogens is 522 g/mol. The van der Waals surface area contributed by atoms with Crippen molar-refractivity contribution in [1.29, 1.82) is 0 Å². The van der Waals surface area contributed by atoms with Crippen molar-refractivity contribution in [2.24, 2.45) is 0 Å². The van der Waals surface area contributed by atoms with Crippen LogP contribution in [0.25, 0.3) is 0 Å². The van der Waals surface area contributed by atoms with Crippen molar-refractivity contribution < 1.29 is 19.1 Å². The number of β-lactam (4-membered cyclic amide) rings is 1. The first kappa shape index (κ1) is 26.6. The van der Waals surface area contributed by atoms with Gasteiger partial charge in [0.25, 0.3) is 0 Å². The molecule has 3 atom stereocenters. The molecule has 7 nitrogen and oxygen atoms in total. The zero-order chi connectivity index (χ0) is 27.5. The van der Waals surface area contributed by atoms with Crippen molar-refractivity contribution in [3.63, 3.8) is 0 Å². The summed E-state index contributed by atoms with van der Waals surface area (Å²) in [6.07, 6.45) is 1.74. The SMILES string of the molecule is O=C(Cc1ccccc1)NC1C(=O)N2C1SC1(CCN(Cc3ccccc3)CC1)C2C(=O)OCc1ccccc1. The number of benzene rings is 3. The molecule has 3 fully saturated rings. The summed E-state index contributed by atoms with van der Waals surface area (Å²) in [5.74, 6) is -0.756. The Bertz CT molecular complexity index is 1350. The summed E-state index contributed by atoms with van der Waals surface area (Å²) in [4.78, 5) is 44.0. The van der Waals surface area contributed by atoms with Crippen molar-refractivity contribution in [2.45, 2.75) is 54.6 Å². The number of likely N-dealkylation sites (tertiary alicyclic amines) is 1. The van der Waals surface area contributed by atoms with Gasteiger partial charge >= 0.3 is 5.97 Å². The Balaban J connectivity index is 1.17. The van der Waals surface area contributed by atoms with Crippen LogP contribution in [0.1, 0.15) is 29.5 Å². The van der Waals surface area contributed by atoms with E-state index < -0.39 is 16.8 Å². The van der Waals surface area contributed by atoms with E-state index in [-0.39, 0.29) is 36.2 Å². The van der Waals surface area contributed by atoms with Gasteiger partial charge in [0.15, 0.2) is 0 Å². The summed E-state index contributed by atoms with van der Waals surface area (Å²) in [6, 6.07) is 28.2. The van der Waals surface area contributed by atoms with Crippen molar-refractivity contribution in [2.75, 3.05) is 13.1 Å². The molecule has 6 rings (SSSR count). The van der Waals surface area contributed by atoms with Gasteiger partial charge in [0.05, 0.1) is 11.2 Å². The van der Waals surface area contributed by atoms with Crippen molar-refractivity contribution >= 4 is 29.5 Å². The molecule has 3 aliphatic heterocycles. The molecule has 40 heavy (non-hydrogen) atoms. The molecule has 2 amide bonds. The van der Waals surface area contributed by atoms with Gasteiger partial charge in [0, 0.05) is 6.54 Å². The first-order chi connectivity index (χ1) is 19.5. The van der Waals surface area contributed by atoms with E-state index in [0.717, 1.165) is 43.6 Å². The fourth-order valence-electron chi connectivity index (χ4n) is 6.04. The minimum absolute atomic E-state index is 0.168. The smallest absolute Gasteiger partial charge is 0.330 e. The minimum atomic E-state index is -0.667. The lowest BCUT2D eigenvalue weighted by molar-refractivity contribution is -0.166. The van der Waals surface area contributed by atoms with Crippen molar-refractivity contribution in [3.05, 3.63) is 108 Å². The largest absolute Gasteiger partial charge is 0.459 e. The van der Waals surface area contributed by atoms with E-state index in [1.165, 1.54) is 5.56 Å². The van der Waals surface area contributed by atoms with E-state index in [0.29, 0.717) is 0 Å². The average Bonchev–Trinajstić information content (AvgIpc) is 3.28. The zero-order valence-corrected chi connectivity index (χ0v) is 23.1. The monoisotopic (exact) mass is 555 g/mol. The standard InChI is InChI=1S/C32H33N3O4S/c36-26(20-23-10-4-1-5-11-23)33-27-29(37)35-28(31(38)39-22-25-14-8-3-9-15-25)32(40-30(27)35)16-18-34(19-17-32)21-24-12-6-2-7-13-24/h1-15,27-28,30H,16-22H2,(H,33,36). The zero-order valence-electron chi connectivity index (χ0n) is 22.3. The number of carbonyl (C=O) groups is 3. The van der Waals surface area contributed by atoms with Gasteiger partial charge in [-0.25, -0.2) is 4.79 Å². The fourth-order valence-corrected chi connectivity index (χ4v) is 7.94. The third-order valence-corrected chi connectivity index (χ3v) is 9.98. The number of ether oxygens (including phenoxy) is 1. The maximum atomic E-state index is 13.6. The van der Waals surface area contributed by atoms with Gasteiger partial charge in [0.2, 0.25) is 11.8 Å². The van der Waals surface area contributed by atoms with Crippen molar-refractivity contribution in [3.8, 4) is 0 Å². The third-order valence-electron chi connectivity index (χ3n) is 8.13. The Morgan fingerprint density at radius 3 is 2.05 bits per heavy atom. The molecule has 1 N–H and O–H groups in total. The molecule has 0 radical (unpaired) electrons. The van der Waals surface area contributed by atoms with E-state index in [2.05, 4.69) is 34.5 Å². The van der Waals surface area contributed by atoms with E-state index in [1.807, 2.05) is 66.7 Å². The van der Waals surface area contributed by atoms with Crippen LogP contribution >= 0.6 is 11.8 Å². The Kier molecular flexibility index (Phi) is 7.63. The highest BCUT2D eigenvalue weighted by Gasteiger charge is 2.67. The number of thioether (sulfide) groups is 1. The lowest BCUT2D eigenvalue weighted by atomic mass is 9.85. The van der Waals surface area contributed by atoms with Gasteiger partial charge in [0.1, 0.15) is 24.1 Å². The molecule has 3 aliphatic rings. The molecule has 0 aromatic heterocycles. The summed E-state index contributed by atoms with van der Waals surface area (Å²) in [7, 11) is 0. The van der Waals surface area contributed by atoms with Crippen LogP contribution in [0.2, 0.25) is 0 Å². The molecular formula is C32H33N3O4S. The van der Waals surface area contributed by atoms with E-state index in [4.69, 9.17) is 4.74 Å². The van der Waals surface area contributed by atoms with Crippen LogP contribution < -0.4 is 5.32 Å². The quantitative estimate of drug-likeness (QED) is 0.337. The normalized spacial score (nSPS) is 23.4. The average molecular weight is 556 g/mol. The number of carbonyl (C=O) groups excluding carboxylic acids is 3. The molecule has 0 aliphatic carbocycles. The maximum Gasteiger partial charge on any atom is 0.330 e. The predicted molar refractivity (Wildman–Crippen MR) is 154 cm³/mol. The summed E-state index contributed by atoms with van der Waals surface area (Å²) in [6.45, 7) is 2.67. The summed E-state index contributed by atoms with van der Waals surface area (Å²) in [5.41, 5.74) is 3.06. The Morgan fingerprint density at radius 1 is 0.850 bits per heavy atom. The summed E-state index contributed by atoms with van der Waals surface area (Å²) >= 11 is 1.67. The maximum absolute atomic E-state index is 13.6. The number of amides is 2. The molecule has 0 saturated carbocycles. The minimum Gasteiger partial charge on any atom is -0.459 e. The second kappa shape index (κ2) is 11.5. The third kappa shape index (κ3) is 5.38. The molecule has 3 aromatic rings. The molecule has 8 heteroatoms. The molecule has 1 spiro atoms. The topological polar surface area (TPSA) is 79.0 Å². The first-order valence-corrected chi connectivity index (χ1v) is 14.7. The number of piperidine rings is 1. The van der Waals surface area contributed by atoms with Gasteiger partial charge in [-0.2, -0.15) is 0 Å². The molecule has 0 bridgehead atoms. The van der Waals surface area contributed by atoms with E-state index in [9.17, 15) is 14.4 Å². The molecule has 3 aromatic carbocycles. The second-order valence-electron chi connectivity index (χ2n) is 10.8. The lowest BCUT2D eigenvalue weighted by Crippen LogP contribution is -2.71. The highest BCUT2D eigenvalue weighted by atomic mass is 32.2. The van der Waals surface area contributed by atoms with E-state index in [1.54, 1.807) is 16.7 Å². The van der Waals surface area contributed by atoms with Crippen molar-refractivity contribution in [1.82, 2.24) is 15.1 Å². The first-order valence-electron chi connectivity index (χ1n) is 13.8. The molecule has 3 heterocycles. The highest BCUT2D eigenvalue weighted by molar-refractivity contribution is 8.01. The van der Waals surface area contributed by atoms with Gasteiger partial charge in [-0.3, -0.25) is 14.5 Å². The molecule has 3 saturated heterocycles. The van der Waals surface area contributed by atoms with Gasteiger partial charge in [-0.1, -0.05) is 91.0 Å². The number of fused-ring (bicyclic) bond motifs is 1. The van der Waals surface area contributed by atoms with E-state index >= 15 is 0 Å². The van der Waals surface area contributed by atoms with Gasteiger partial charge in [-0.05, 0) is 42.6 Å². The fraction of sp³-hybridized carbons (Fsp3) is 0.344. The van der Waals surface area contributed by atoms with Crippen LogP contribution in [0, 0.1) is 0 Å².